The summed E-state index contributed by atoms with van der Waals surface area (Å²) in [5, 5.41) is 11.3. The van der Waals surface area contributed by atoms with Crippen LogP contribution in [0.5, 0.6) is 0 Å². The molecule has 2 amide bonds. The molecule has 34 heavy (non-hydrogen) atoms. The summed E-state index contributed by atoms with van der Waals surface area (Å²) in [6.07, 6.45) is 9.00. The Morgan fingerprint density at radius 2 is 1.79 bits per heavy atom. The second-order valence-corrected chi connectivity index (χ2v) is 12.6. The van der Waals surface area contributed by atoms with Gasteiger partial charge in [-0.2, -0.15) is 0 Å². The summed E-state index contributed by atoms with van der Waals surface area (Å²) < 4.78 is 0. The number of hydroxylamine groups is 2. The maximum Gasteiger partial charge on any atom is 0.334 e. The molecule has 4 fully saturated rings. The maximum atomic E-state index is 12.3. The van der Waals surface area contributed by atoms with Crippen LogP contribution in [0, 0.1) is 28.6 Å². The zero-order valence-corrected chi connectivity index (χ0v) is 21.3. The molecule has 0 bridgehead atoms. The predicted octanol–water partition coefficient (Wildman–Crippen LogP) is 4.92. The van der Waals surface area contributed by atoms with Gasteiger partial charge < -0.3 is 9.94 Å². The Morgan fingerprint density at radius 3 is 2.53 bits per heavy atom. The van der Waals surface area contributed by atoms with Crippen LogP contribution in [0.2, 0.25) is 0 Å². The quantitative estimate of drug-likeness (QED) is 0.554. The Morgan fingerprint density at radius 1 is 1.06 bits per heavy atom. The first-order chi connectivity index (χ1) is 16.1. The van der Waals surface area contributed by atoms with Crippen LogP contribution in [0.25, 0.3) is 0 Å². The van der Waals surface area contributed by atoms with E-state index in [2.05, 4.69) is 20.4 Å². The fourth-order valence-corrected chi connectivity index (χ4v) is 9.24. The Bertz CT molecular complexity index is 943. The number of imide groups is 1. The van der Waals surface area contributed by atoms with Crippen LogP contribution in [0.4, 0.5) is 0 Å². The Kier molecular flexibility index (Phi) is 6.25. The number of nitrogens with zero attached hydrogens (tertiary/aromatic N) is 1. The minimum Gasteiger partial charge on any atom is -0.393 e. The van der Waals surface area contributed by atoms with Gasteiger partial charge in [0.05, 0.1) is 12.5 Å². The van der Waals surface area contributed by atoms with Gasteiger partial charge in [0.15, 0.2) is 0 Å². The third-order valence-electron chi connectivity index (χ3n) is 9.92. The van der Waals surface area contributed by atoms with Gasteiger partial charge in [-0.1, -0.05) is 26.0 Å². The van der Waals surface area contributed by atoms with Crippen LogP contribution in [-0.4, -0.2) is 39.8 Å². The molecular weight excluding hydrogens is 450 g/mol. The van der Waals surface area contributed by atoms with Gasteiger partial charge in [0, 0.05) is 23.5 Å². The van der Waals surface area contributed by atoms with Crippen LogP contribution < -0.4 is 0 Å². The summed E-state index contributed by atoms with van der Waals surface area (Å²) in [4.78, 5) is 41.9. The van der Waals surface area contributed by atoms with E-state index in [4.69, 9.17) is 4.84 Å². The standard InChI is InChI=1S/C27H37NO5S/c1-16-10-13-26(2)19-11-14-27(3)18(6-7-21(27)29)17(19)4-5-20(26)25(16)34-15-12-24(32)33-28-22(30)8-9-23(28)31/h17-19,21,29H,1,4-15H2,2-3H3. The van der Waals surface area contributed by atoms with Crippen LogP contribution in [-0.2, 0) is 19.2 Å². The Balaban J connectivity index is 1.28. The van der Waals surface area contributed by atoms with Crippen molar-refractivity contribution in [2.75, 3.05) is 5.75 Å². The van der Waals surface area contributed by atoms with E-state index in [0.717, 1.165) is 38.5 Å². The molecule has 186 valence electrons. The van der Waals surface area contributed by atoms with E-state index in [-0.39, 0.29) is 36.2 Å². The molecule has 0 spiro atoms. The lowest BCUT2D eigenvalue weighted by Gasteiger charge is -2.58. The molecule has 1 saturated heterocycles. The number of fused-ring (bicyclic) bond motifs is 5. The molecule has 4 aliphatic carbocycles. The molecule has 5 rings (SSSR count). The molecule has 6 nitrogen and oxygen atoms in total. The van der Waals surface area contributed by atoms with Gasteiger partial charge >= 0.3 is 5.97 Å². The summed E-state index contributed by atoms with van der Waals surface area (Å²) in [6, 6.07) is 0. The smallest absolute Gasteiger partial charge is 0.334 e. The number of hydrogen-bond donors (Lipinski definition) is 1. The van der Waals surface area contributed by atoms with E-state index in [1.807, 2.05) is 0 Å². The third kappa shape index (κ3) is 3.78. The number of allylic oxidation sites excluding steroid dienone is 2. The molecule has 1 N–H and O–H groups in total. The molecule has 7 heteroatoms. The molecule has 6 atom stereocenters. The van der Waals surface area contributed by atoms with Crippen molar-refractivity contribution in [2.24, 2.45) is 28.6 Å². The second kappa shape index (κ2) is 8.81. The minimum atomic E-state index is -0.541. The van der Waals surface area contributed by atoms with Gasteiger partial charge in [-0.3, -0.25) is 9.59 Å². The molecular formula is C27H37NO5S. The van der Waals surface area contributed by atoms with E-state index in [1.165, 1.54) is 28.9 Å². The normalized spacial score (nSPS) is 39.7. The summed E-state index contributed by atoms with van der Waals surface area (Å²) in [6.45, 7) is 9.15. The second-order valence-electron chi connectivity index (χ2n) is 11.5. The van der Waals surface area contributed by atoms with Crippen molar-refractivity contribution >= 4 is 29.5 Å². The molecule has 0 aromatic heterocycles. The Labute approximate surface area is 206 Å². The molecule has 1 aliphatic heterocycles. The first-order valence-corrected chi connectivity index (χ1v) is 13.9. The molecule has 0 aromatic carbocycles. The first-order valence-electron chi connectivity index (χ1n) is 12.9. The molecule has 6 unspecified atom stereocenters. The zero-order chi connectivity index (χ0) is 24.3. The van der Waals surface area contributed by atoms with Gasteiger partial charge in [0.1, 0.15) is 0 Å². The fourth-order valence-electron chi connectivity index (χ4n) is 7.95. The lowest BCUT2D eigenvalue weighted by molar-refractivity contribution is -0.197. The van der Waals surface area contributed by atoms with Crippen molar-refractivity contribution in [3.05, 3.63) is 22.6 Å². The summed E-state index contributed by atoms with van der Waals surface area (Å²) in [7, 11) is 0. The molecule has 0 radical (unpaired) electrons. The lowest BCUT2D eigenvalue weighted by atomic mass is 9.47. The predicted molar refractivity (Wildman–Crippen MR) is 130 cm³/mol. The van der Waals surface area contributed by atoms with Crippen molar-refractivity contribution < 1.29 is 24.3 Å². The van der Waals surface area contributed by atoms with Crippen LogP contribution in [0.1, 0.15) is 84.5 Å². The van der Waals surface area contributed by atoms with E-state index in [1.54, 1.807) is 11.8 Å². The van der Waals surface area contributed by atoms with Crippen molar-refractivity contribution in [1.82, 2.24) is 5.06 Å². The Hall–Kier alpha value is -1.60. The monoisotopic (exact) mass is 487 g/mol. The highest BCUT2D eigenvalue weighted by Crippen LogP contribution is 2.66. The summed E-state index contributed by atoms with van der Waals surface area (Å²) in [5.41, 5.74) is 2.95. The van der Waals surface area contributed by atoms with Crippen LogP contribution in [0.15, 0.2) is 22.6 Å². The number of carbonyl (C=O) groups excluding carboxylic acids is 3. The van der Waals surface area contributed by atoms with E-state index in [9.17, 15) is 19.5 Å². The van der Waals surface area contributed by atoms with Crippen molar-refractivity contribution in [3.63, 3.8) is 0 Å². The van der Waals surface area contributed by atoms with E-state index < -0.39 is 17.8 Å². The summed E-state index contributed by atoms with van der Waals surface area (Å²) >= 11 is 1.69. The molecule has 1 heterocycles. The number of aliphatic hydroxyl groups is 1. The highest BCUT2D eigenvalue weighted by Gasteiger charge is 2.59. The topological polar surface area (TPSA) is 83.9 Å². The average Bonchev–Trinajstić information content (AvgIpc) is 3.28. The van der Waals surface area contributed by atoms with Crippen molar-refractivity contribution in [1.29, 1.82) is 0 Å². The number of hydrogen-bond acceptors (Lipinski definition) is 6. The van der Waals surface area contributed by atoms with Gasteiger partial charge in [-0.25, -0.2) is 4.79 Å². The number of carbonyl (C=O) groups is 3. The third-order valence-corrected chi connectivity index (χ3v) is 11.1. The van der Waals surface area contributed by atoms with E-state index >= 15 is 0 Å². The molecule has 0 aromatic rings. The van der Waals surface area contributed by atoms with Gasteiger partial charge in [-0.15, -0.1) is 16.8 Å². The van der Waals surface area contributed by atoms with Gasteiger partial charge in [-0.05, 0) is 85.5 Å². The van der Waals surface area contributed by atoms with Gasteiger partial charge in [0.2, 0.25) is 0 Å². The SMILES string of the molecule is C=C1CCC2(C)C(=C1SCCC(=O)ON1C(=O)CCC1=O)CCC1C2CCC2(C)C(O)CCC12. The van der Waals surface area contributed by atoms with Crippen molar-refractivity contribution in [3.8, 4) is 0 Å². The number of thioether (sulfide) groups is 1. The summed E-state index contributed by atoms with van der Waals surface area (Å²) in [5.74, 6) is 1.09. The maximum absolute atomic E-state index is 12.3. The van der Waals surface area contributed by atoms with Crippen LogP contribution >= 0.6 is 11.8 Å². The highest BCUT2D eigenvalue weighted by atomic mass is 32.2. The zero-order valence-electron chi connectivity index (χ0n) is 20.4. The average molecular weight is 488 g/mol. The highest BCUT2D eigenvalue weighted by molar-refractivity contribution is 8.03. The minimum absolute atomic E-state index is 0.0903. The van der Waals surface area contributed by atoms with Gasteiger partial charge in [0.25, 0.3) is 11.8 Å². The largest absolute Gasteiger partial charge is 0.393 e. The number of amides is 2. The number of rotatable bonds is 5. The van der Waals surface area contributed by atoms with Crippen molar-refractivity contribution in [2.45, 2.75) is 90.6 Å². The molecule has 3 saturated carbocycles. The molecule has 5 aliphatic rings. The lowest BCUT2D eigenvalue weighted by Crippen LogP contribution is -2.51. The number of aliphatic hydroxyl groups excluding tert-OH is 1. The first kappa shape index (κ1) is 24.1. The van der Waals surface area contributed by atoms with Crippen LogP contribution in [0.3, 0.4) is 0 Å². The van der Waals surface area contributed by atoms with E-state index in [0.29, 0.717) is 28.6 Å². The fraction of sp³-hybridized carbons (Fsp3) is 0.741.